The van der Waals surface area contributed by atoms with E-state index < -0.39 is 11.7 Å². The van der Waals surface area contributed by atoms with Gasteiger partial charge in [0, 0.05) is 17.6 Å². The molecule has 2 N–H and O–H groups in total. The molecule has 1 aromatic rings. The van der Waals surface area contributed by atoms with Gasteiger partial charge in [-0.15, -0.1) is 12.3 Å². The molecular weight excluding hydrogens is 309 g/mol. The molecule has 1 fully saturated rings. The summed E-state index contributed by atoms with van der Waals surface area (Å²) in [4.78, 5) is 0. The highest BCUT2D eigenvalue weighted by Gasteiger charge is 2.30. The van der Waals surface area contributed by atoms with E-state index in [2.05, 4.69) is 16.6 Å². The molecule has 22 heavy (non-hydrogen) atoms. The third-order valence-corrected chi connectivity index (χ3v) is 3.96. The number of thiocarbonyl (C=S) groups is 1. The number of benzene rings is 1. The van der Waals surface area contributed by atoms with Gasteiger partial charge in [-0.2, -0.15) is 13.2 Å². The van der Waals surface area contributed by atoms with Gasteiger partial charge in [-0.1, -0.05) is 18.9 Å². The maximum absolute atomic E-state index is 12.7. The summed E-state index contributed by atoms with van der Waals surface area (Å²) < 4.78 is 38.0. The van der Waals surface area contributed by atoms with Crippen LogP contribution >= 0.6 is 12.2 Å². The quantitative estimate of drug-likeness (QED) is 0.630. The molecule has 6 heteroatoms. The van der Waals surface area contributed by atoms with Gasteiger partial charge in [0.25, 0.3) is 0 Å². The monoisotopic (exact) mass is 326 g/mol. The van der Waals surface area contributed by atoms with Crippen molar-refractivity contribution >= 4 is 23.0 Å². The van der Waals surface area contributed by atoms with E-state index in [0.29, 0.717) is 10.8 Å². The van der Waals surface area contributed by atoms with E-state index in [-0.39, 0.29) is 12.0 Å². The molecule has 0 heterocycles. The van der Waals surface area contributed by atoms with Gasteiger partial charge >= 0.3 is 6.18 Å². The lowest BCUT2D eigenvalue weighted by atomic mass is 9.85. The highest BCUT2D eigenvalue weighted by atomic mass is 32.1. The van der Waals surface area contributed by atoms with Crippen molar-refractivity contribution in [3.8, 4) is 12.3 Å². The number of alkyl halides is 3. The molecular formula is C16H17F3N2S. The van der Waals surface area contributed by atoms with Crippen molar-refractivity contribution in [3.63, 3.8) is 0 Å². The number of terminal acetylenes is 1. The molecule has 118 valence electrons. The number of nitrogens with one attached hydrogen (secondary N) is 2. The second-order valence-electron chi connectivity index (χ2n) is 5.34. The van der Waals surface area contributed by atoms with Crippen LogP contribution in [0.4, 0.5) is 18.9 Å². The van der Waals surface area contributed by atoms with E-state index in [1.165, 1.54) is 6.07 Å². The first-order valence-corrected chi connectivity index (χ1v) is 7.52. The standard InChI is InChI=1S/C16H17F3N2S/c1-2-11-6-3-4-9-14(11)21-15(22)20-13-8-5-7-12(10-13)16(17,18)19/h1,5,7-8,10-11,14H,3-4,6,9H2,(H2,20,21,22). The van der Waals surface area contributed by atoms with Crippen molar-refractivity contribution in [2.24, 2.45) is 5.92 Å². The largest absolute Gasteiger partial charge is 0.416 e. The molecule has 0 spiro atoms. The average molecular weight is 326 g/mol. The fourth-order valence-corrected chi connectivity index (χ4v) is 2.88. The minimum Gasteiger partial charge on any atom is -0.358 e. The van der Waals surface area contributed by atoms with E-state index in [9.17, 15) is 13.2 Å². The Balaban J connectivity index is 1.99. The van der Waals surface area contributed by atoms with E-state index in [0.717, 1.165) is 37.8 Å². The fraction of sp³-hybridized carbons (Fsp3) is 0.438. The Bertz CT molecular complexity index is 577. The normalized spacial score (nSPS) is 21.7. The highest BCUT2D eigenvalue weighted by Crippen LogP contribution is 2.30. The van der Waals surface area contributed by atoms with Crippen molar-refractivity contribution < 1.29 is 13.2 Å². The number of rotatable bonds is 2. The average Bonchev–Trinajstić information content (AvgIpc) is 2.47. The maximum atomic E-state index is 12.7. The molecule has 0 aromatic heterocycles. The van der Waals surface area contributed by atoms with Crippen LogP contribution in [-0.2, 0) is 6.18 Å². The summed E-state index contributed by atoms with van der Waals surface area (Å²) in [7, 11) is 0. The second-order valence-corrected chi connectivity index (χ2v) is 5.75. The molecule has 2 atom stereocenters. The third-order valence-electron chi connectivity index (χ3n) is 3.74. The SMILES string of the molecule is C#CC1CCCCC1NC(=S)Nc1cccc(C(F)(F)F)c1. The molecule has 0 bridgehead atoms. The second kappa shape index (κ2) is 7.01. The summed E-state index contributed by atoms with van der Waals surface area (Å²) in [5.74, 6) is 2.86. The molecule has 2 rings (SSSR count). The zero-order valence-corrected chi connectivity index (χ0v) is 12.7. The highest BCUT2D eigenvalue weighted by molar-refractivity contribution is 7.80. The van der Waals surface area contributed by atoms with Crippen molar-refractivity contribution in [3.05, 3.63) is 29.8 Å². The Hall–Kier alpha value is -1.74. The Morgan fingerprint density at radius 3 is 2.68 bits per heavy atom. The molecule has 0 aliphatic heterocycles. The van der Waals surface area contributed by atoms with Gasteiger partial charge in [-0.25, -0.2) is 0 Å². The van der Waals surface area contributed by atoms with Crippen molar-refractivity contribution in [2.45, 2.75) is 37.9 Å². The Labute approximate surface area is 133 Å². The van der Waals surface area contributed by atoms with Crippen LogP contribution in [0.5, 0.6) is 0 Å². The summed E-state index contributed by atoms with van der Waals surface area (Å²) >= 11 is 5.18. The minimum atomic E-state index is -4.37. The molecule has 1 aliphatic rings. The van der Waals surface area contributed by atoms with Gasteiger partial charge < -0.3 is 10.6 Å². The summed E-state index contributed by atoms with van der Waals surface area (Å²) in [6.45, 7) is 0. The van der Waals surface area contributed by atoms with Crippen LogP contribution in [0.3, 0.4) is 0 Å². The Kier molecular flexibility index (Phi) is 5.30. The summed E-state index contributed by atoms with van der Waals surface area (Å²) in [6, 6.07) is 5.02. The first-order valence-electron chi connectivity index (χ1n) is 7.11. The first-order chi connectivity index (χ1) is 10.4. The molecule has 0 radical (unpaired) electrons. The van der Waals surface area contributed by atoms with Crippen LogP contribution < -0.4 is 10.6 Å². The minimum absolute atomic E-state index is 0.0737. The molecule has 1 aliphatic carbocycles. The van der Waals surface area contributed by atoms with Crippen LogP contribution in [0, 0.1) is 18.3 Å². The predicted octanol–water partition coefficient (Wildman–Crippen LogP) is 4.18. The van der Waals surface area contributed by atoms with Gasteiger partial charge in [-0.3, -0.25) is 0 Å². The van der Waals surface area contributed by atoms with Gasteiger partial charge in [0.15, 0.2) is 5.11 Å². The van der Waals surface area contributed by atoms with Crippen LogP contribution in [0.2, 0.25) is 0 Å². The number of hydrogen-bond acceptors (Lipinski definition) is 1. The smallest absolute Gasteiger partial charge is 0.358 e. The topological polar surface area (TPSA) is 24.1 Å². The van der Waals surface area contributed by atoms with E-state index in [4.69, 9.17) is 18.6 Å². The fourth-order valence-electron chi connectivity index (χ4n) is 2.61. The number of hydrogen-bond donors (Lipinski definition) is 2. The van der Waals surface area contributed by atoms with E-state index in [1.54, 1.807) is 6.07 Å². The zero-order chi connectivity index (χ0) is 16.2. The zero-order valence-electron chi connectivity index (χ0n) is 11.9. The molecule has 1 saturated carbocycles. The summed E-state index contributed by atoms with van der Waals surface area (Å²) in [5, 5.41) is 6.22. The van der Waals surface area contributed by atoms with Gasteiger partial charge in [0.05, 0.1) is 5.56 Å². The molecule has 0 amide bonds. The maximum Gasteiger partial charge on any atom is 0.416 e. The molecule has 0 saturated heterocycles. The van der Waals surface area contributed by atoms with Crippen molar-refractivity contribution in [1.29, 1.82) is 0 Å². The van der Waals surface area contributed by atoms with Crippen LogP contribution in [0.1, 0.15) is 31.2 Å². The number of halogens is 3. The van der Waals surface area contributed by atoms with Crippen molar-refractivity contribution in [2.75, 3.05) is 5.32 Å². The van der Waals surface area contributed by atoms with Crippen LogP contribution in [-0.4, -0.2) is 11.2 Å². The van der Waals surface area contributed by atoms with Gasteiger partial charge in [-0.05, 0) is 43.3 Å². The number of anilines is 1. The van der Waals surface area contributed by atoms with Crippen LogP contribution in [0.25, 0.3) is 0 Å². The van der Waals surface area contributed by atoms with Crippen molar-refractivity contribution in [1.82, 2.24) is 5.32 Å². The Morgan fingerprint density at radius 2 is 2.00 bits per heavy atom. The molecule has 1 aromatic carbocycles. The molecule has 2 nitrogen and oxygen atoms in total. The summed E-state index contributed by atoms with van der Waals surface area (Å²) in [5.41, 5.74) is -0.403. The van der Waals surface area contributed by atoms with Gasteiger partial charge in [0.2, 0.25) is 0 Å². The lowest BCUT2D eigenvalue weighted by molar-refractivity contribution is -0.137. The third kappa shape index (κ3) is 4.38. The first kappa shape index (κ1) is 16.6. The summed E-state index contributed by atoms with van der Waals surface area (Å²) in [6.07, 6.45) is 5.17. The molecule has 2 unspecified atom stereocenters. The lowest BCUT2D eigenvalue weighted by Gasteiger charge is -2.29. The van der Waals surface area contributed by atoms with Gasteiger partial charge in [0.1, 0.15) is 0 Å². The van der Waals surface area contributed by atoms with Crippen LogP contribution in [0.15, 0.2) is 24.3 Å². The van der Waals surface area contributed by atoms with E-state index >= 15 is 0 Å². The predicted molar refractivity (Wildman–Crippen MR) is 85.4 cm³/mol. The Morgan fingerprint density at radius 1 is 1.27 bits per heavy atom. The van der Waals surface area contributed by atoms with E-state index in [1.807, 2.05) is 0 Å². The lowest BCUT2D eigenvalue weighted by Crippen LogP contribution is -2.43.